The maximum atomic E-state index is 12.8. The van der Waals surface area contributed by atoms with Crippen LogP contribution in [0.1, 0.15) is 21.5 Å². The number of benzene rings is 3. The Morgan fingerprint density at radius 3 is 2.49 bits per heavy atom. The first-order valence-electron chi connectivity index (χ1n) is 11.4. The standard InChI is InChI=1S/C27H27N5O5/c1-16-12-24(32-30-22-8-4-17-13-18(28)5-7-20(17)27(22)34)26(36-3)15-23(16)31-29-21-9-6-19(37-11-10-33)14-25(21)35-2/h4-9,12-15,32-33H,10-11,28H2,1-3H3/b30-22-,31-29+. The van der Waals surface area contributed by atoms with E-state index in [9.17, 15) is 4.79 Å². The Morgan fingerprint density at radius 1 is 0.946 bits per heavy atom. The zero-order valence-electron chi connectivity index (χ0n) is 20.7. The van der Waals surface area contributed by atoms with E-state index in [1.165, 1.54) is 14.2 Å². The average molecular weight is 502 g/mol. The topological polar surface area (TPSA) is 140 Å². The highest BCUT2D eigenvalue weighted by molar-refractivity contribution is 6.52. The number of aliphatic hydroxyl groups excluding tert-OH is 1. The van der Waals surface area contributed by atoms with Gasteiger partial charge in [0, 0.05) is 23.4 Å². The van der Waals surface area contributed by atoms with Gasteiger partial charge in [-0.2, -0.15) is 10.2 Å². The lowest BCUT2D eigenvalue weighted by atomic mass is 9.94. The number of aryl methyl sites for hydroxylation is 1. The molecule has 0 bridgehead atoms. The van der Waals surface area contributed by atoms with Gasteiger partial charge in [-0.1, -0.05) is 6.08 Å². The van der Waals surface area contributed by atoms with Crippen LogP contribution in [-0.4, -0.2) is 44.0 Å². The summed E-state index contributed by atoms with van der Waals surface area (Å²) >= 11 is 0. The fraction of sp³-hybridized carbons (Fsp3) is 0.185. The Kier molecular flexibility index (Phi) is 7.80. The number of carbonyl (C=O) groups is 1. The summed E-state index contributed by atoms with van der Waals surface area (Å²) in [5.74, 6) is 1.31. The SMILES string of the molecule is COc1cc(OCCO)ccc1/N=N/c1cc(OC)c(N/N=C2/C=Cc3cc(N)ccc3C2=O)cc1C. The first-order chi connectivity index (χ1) is 17.9. The monoisotopic (exact) mass is 501 g/mol. The molecule has 4 rings (SSSR count). The molecule has 190 valence electrons. The molecule has 0 spiro atoms. The summed E-state index contributed by atoms with van der Waals surface area (Å²) in [6.45, 7) is 1.97. The zero-order valence-corrected chi connectivity index (χ0v) is 20.7. The van der Waals surface area contributed by atoms with Crippen LogP contribution in [0.3, 0.4) is 0 Å². The van der Waals surface area contributed by atoms with E-state index in [0.717, 1.165) is 11.1 Å². The van der Waals surface area contributed by atoms with Crippen molar-refractivity contribution in [2.75, 3.05) is 38.6 Å². The number of methoxy groups -OCH3 is 2. The second-order valence-corrected chi connectivity index (χ2v) is 8.06. The van der Waals surface area contributed by atoms with Crippen LogP contribution in [0, 0.1) is 6.92 Å². The Bertz CT molecular complexity index is 1410. The molecule has 0 fully saturated rings. The molecule has 0 heterocycles. The number of nitrogens with zero attached hydrogens (tertiary/aromatic N) is 3. The van der Waals surface area contributed by atoms with E-state index >= 15 is 0 Å². The summed E-state index contributed by atoms with van der Waals surface area (Å²) in [4.78, 5) is 12.8. The third-order valence-corrected chi connectivity index (χ3v) is 5.57. The van der Waals surface area contributed by atoms with Crippen molar-refractivity contribution in [2.24, 2.45) is 15.3 Å². The fourth-order valence-electron chi connectivity index (χ4n) is 3.66. The molecule has 10 heteroatoms. The molecule has 3 aromatic carbocycles. The Hall–Kier alpha value is -4.70. The first-order valence-corrected chi connectivity index (χ1v) is 11.4. The highest BCUT2D eigenvalue weighted by Gasteiger charge is 2.20. The van der Waals surface area contributed by atoms with Crippen molar-refractivity contribution in [3.63, 3.8) is 0 Å². The van der Waals surface area contributed by atoms with E-state index < -0.39 is 0 Å². The second kappa shape index (κ2) is 11.4. The van der Waals surface area contributed by atoms with Crippen LogP contribution in [-0.2, 0) is 0 Å². The lowest BCUT2D eigenvalue weighted by molar-refractivity contribution is 0.106. The van der Waals surface area contributed by atoms with Crippen molar-refractivity contribution in [1.29, 1.82) is 0 Å². The number of carbonyl (C=O) groups excluding carboxylic acids is 1. The number of Topliss-reactive ketones (excluding diaryl/α,β-unsaturated/α-hetero) is 1. The van der Waals surface area contributed by atoms with Gasteiger partial charge in [0.25, 0.3) is 0 Å². The van der Waals surface area contributed by atoms with Crippen LogP contribution in [0.2, 0.25) is 0 Å². The van der Waals surface area contributed by atoms with Gasteiger partial charge in [-0.25, -0.2) is 0 Å². The van der Waals surface area contributed by atoms with E-state index in [1.807, 2.05) is 13.0 Å². The highest BCUT2D eigenvalue weighted by Crippen LogP contribution is 2.36. The number of azo groups is 1. The minimum Gasteiger partial charge on any atom is -0.494 e. The van der Waals surface area contributed by atoms with Crippen molar-refractivity contribution < 1.29 is 24.1 Å². The van der Waals surface area contributed by atoms with Gasteiger partial charge in [-0.15, -0.1) is 5.11 Å². The molecule has 1 aliphatic rings. The smallest absolute Gasteiger partial charge is 0.213 e. The fourth-order valence-corrected chi connectivity index (χ4v) is 3.66. The molecule has 1 aliphatic carbocycles. The number of nitrogens with one attached hydrogen (secondary N) is 1. The van der Waals surface area contributed by atoms with E-state index in [0.29, 0.717) is 45.6 Å². The van der Waals surface area contributed by atoms with Gasteiger partial charge < -0.3 is 25.1 Å². The third-order valence-electron chi connectivity index (χ3n) is 5.57. The number of nitrogens with two attached hydrogens (primary N) is 1. The Morgan fingerprint density at radius 2 is 1.73 bits per heavy atom. The number of aliphatic hydroxyl groups is 1. The van der Waals surface area contributed by atoms with Gasteiger partial charge in [0.15, 0.2) is 0 Å². The van der Waals surface area contributed by atoms with Gasteiger partial charge in [0.1, 0.15) is 35.3 Å². The number of allylic oxidation sites excluding steroid dienone is 1. The van der Waals surface area contributed by atoms with Crippen molar-refractivity contribution in [3.8, 4) is 17.2 Å². The molecule has 10 nitrogen and oxygen atoms in total. The maximum absolute atomic E-state index is 12.8. The Labute approximate surface area is 214 Å². The lowest BCUT2D eigenvalue weighted by Crippen LogP contribution is -2.18. The van der Waals surface area contributed by atoms with Crippen molar-refractivity contribution in [1.82, 2.24) is 0 Å². The second-order valence-electron chi connectivity index (χ2n) is 8.06. The summed E-state index contributed by atoms with van der Waals surface area (Å²) in [5.41, 5.74) is 13.4. The predicted octanol–water partition coefficient (Wildman–Crippen LogP) is 5.06. The van der Waals surface area contributed by atoms with E-state index in [1.54, 1.807) is 54.6 Å². The summed E-state index contributed by atoms with van der Waals surface area (Å²) in [6.07, 6.45) is 3.45. The Balaban J connectivity index is 1.55. The van der Waals surface area contributed by atoms with E-state index in [-0.39, 0.29) is 24.7 Å². The number of hydrogen-bond donors (Lipinski definition) is 3. The van der Waals surface area contributed by atoms with Gasteiger partial charge >= 0.3 is 0 Å². The number of hydrogen-bond acceptors (Lipinski definition) is 10. The van der Waals surface area contributed by atoms with Crippen molar-refractivity contribution >= 4 is 40.3 Å². The number of fused-ring (bicyclic) bond motifs is 1. The van der Waals surface area contributed by atoms with Gasteiger partial charge in [-0.05, 0) is 60.5 Å². The highest BCUT2D eigenvalue weighted by atomic mass is 16.5. The minimum atomic E-state index is -0.201. The molecule has 0 unspecified atom stereocenters. The average Bonchev–Trinajstić information content (AvgIpc) is 2.91. The molecular formula is C27H27N5O5. The molecule has 0 radical (unpaired) electrons. The number of hydrazone groups is 1. The molecular weight excluding hydrogens is 474 g/mol. The normalized spacial score (nSPS) is 13.6. The van der Waals surface area contributed by atoms with Crippen LogP contribution in [0.15, 0.2) is 69.9 Å². The zero-order chi connectivity index (χ0) is 26.4. The van der Waals surface area contributed by atoms with Crippen LogP contribution in [0.4, 0.5) is 22.7 Å². The molecule has 0 saturated heterocycles. The number of ketones is 1. The molecule has 0 saturated carbocycles. The summed E-state index contributed by atoms with van der Waals surface area (Å²) in [6, 6.07) is 13.8. The minimum absolute atomic E-state index is 0.0844. The van der Waals surface area contributed by atoms with Crippen LogP contribution >= 0.6 is 0 Å². The van der Waals surface area contributed by atoms with E-state index in [2.05, 4.69) is 20.8 Å². The number of rotatable bonds is 9. The third kappa shape index (κ3) is 5.76. The summed E-state index contributed by atoms with van der Waals surface area (Å²) < 4.78 is 16.3. The molecule has 3 aromatic rings. The van der Waals surface area contributed by atoms with Gasteiger partial charge in [0.05, 0.1) is 32.2 Å². The van der Waals surface area contributed by atoms with Crippen molar-refractivity contribution in [3.05, 3.63) is 71.3 Å². The number of anilines is 2. The molecule has 0 aromatic heterocycles. The molecule has 0 atom stereocenters. The summed E-state index contributed by atoms with van der Waals surface area (Å²) in [7, 11) is 3.06. The van der Waals surface area contributed by atoms with Crippen LogP contribution in [0.5, 0.6) is 17.2 Å². The largest absolute Gasteiger partial charge is 0.494 e. The number of ether oxygens (including phenoxy) is 3. The van der Waals surface area contributed by atoms with Crippen LogP contribution < -0.4 is 25.4 Å². The quantitative estimate of drug-likeness (QED) is 0.211. The number of nitrogen functional groups attached to an aromatic ring is 1. The molecule has 0 amide bonds. The molecule has 0 aliphatic heterocycles. The van der Waals surface area contributed by atoms with Crippen LogP contribution in [0.25, 0.3) is 6.08 Å². The summed E-state index contributed by atoms with van der Waals surface area (Å²) in [5, 5.41) is 21.9. The van der Waals surface area contributed by atoms with Gasteiger partial charge in [-0.3, -0.25) is 10.2 Å². The maximum Gasteiger partial charge on any atom is 0.213 e. The lowest BCUT2D eigenvalue weighted by Gasteiger charge is -2.14. The molecule has 37 heavy (non-hydrogen) atoms. The van der Waals surface area contributed by atoms with E-state index in [4.69, 9.17) is 25.1 Å². The first kappa shape index (κ1) is 25.4. The van der Waals surface area contributed by atoms with Gasteiger partial charge in [0.2, 0.25) is 5.78 Å². The molecule has 4 N–H and O–H groups in total. The van der Waals surface area contributed by atoms with Crippen molar-refractivity contribution in [2.45, 2.75) is 6.92 Å². The predicted molar refractivity (Wildman–Crippen MR) is 143 cm³/mol.